The average Bonchev–Trinajstić information content (AvgIpc) is 2.32. The molecule has 0 saturated carbocycles. The van der Waals surface area contributed by atoms with E-state index in [9.17, 15) is 9.59 Å². The van der Waals surface area contributed by atoms with Crippen LogP contribution in [0.2, 0.25) is 0 Å². The first-order valence-corrected chi connectivity index (χ1v) is 6.81. The predicted octanol–water partition coefficient (Wildman–Crippen LogP) is 0.612. The fraction of sp³-hybridized carbons (Fsp3) is 0.692. The number of H-pyrrole nitrogens is 1. The molecule has 0 unspecified atom stereocenters. The molecule has 0 bridgehead atoms. The Morgan fingerprint density at radius 2 is 1.95 bits per heavy atom. The predicted molar refractivity (Wildman–Crippen MR) is 80.2 cm³/mol. The summed E-state index contributed by atoms with van der Waals surface area (Å²) in [5.41, 5.74) is 5.15. The van der Waals surface area contributed by atoms with Gasteiger partial charge in [-0.3, -0.25) is 14.3 Å². The number of ether oxygens (including phenoxy) is 1. The monoisotopic (exact) mass is 284 g/mol. The van der Waals surface area contributed by atoms with Crippen LogP contribution in [0, 0.1) is 5.92 Å². The van der Waals surface area contributed by atoms with Crippen LogP contribution in [0.4, 0.5) is 11.5 Å². The van der Waals surface area contributed by atoms with Crippen molar-refractivity contribution >= 4 is 11.5 Å². The lowest BCUT2D eigenvalue weighted by Crippen LogP contribution is -2.35. The van der Waals surface area contributed by atoms with Crippen molar-refractivity contribution in [1.29, 1.82) is 0 Å². The summed E-state index contributed by atoms with van der Waals surface area (Å²) in [4.78, 5) is 25.8. The number of anilines is 2. The van der Waals surface area contributed by atoms with Gasteiger partial charge >= 0.3 is 5.69 Å². The van der Waals surface area contributed by atoms with E-state index in [2.05, 4.69) is 10.3 Å². The van der Waals surface area contributed by atoms with Gasteiger partial charge in [-0.1, -0.05) is 13.8 Å². The van der Waals surface area contributed by atoms with Crippen molar-refractivity contribution in [3.05, 3.63) is 20.8 Å². The van der Waals surface area contributed by atoms with E-state index in [0.29, 0.717) is 19.7 Å². The number of rotatable bonds is 7. The topological polar surface area (TPSA) is 102 Å². The lowest BCUT2D eigenvalue weighted by Gasteiger charge is -2.15. The van der Waals surface area contributed by atoms with Gasteiger partial charge in [0.25, 0.3) is 5.56 Å². The van der Waals surface area contributed by atoms with Crippen LogP contribution in [0.15, 0.2) is 9.59 Å². The molecule has 0 atom stereocenters. The van der Waals surface area contributed by atoms with Crippen molar-refractivity contribution < 1.29 is 4.74 Å². The molecule has 0 amide bonds. The number of aromatic nitrogens is 2. The lowest BCUT2D eigenvalue weighted by atomic mass is 10.2. The van der Waals surface area contributed by atoms with E-state index in [-0.39, 0.29) is 23.5 Å². The molecule has 1 aromatic heterocycles. The van der Waals surface area contributed by atoms with E-state index in [4.69, 9.17) is 10.5 Å². The molecular weight excluding hydrogens is 260 g/mol. The standard InChI is InChI=1S/C13H24N4O3/c1-8(2)7-17-11(14)10(12(18)16-13(17)19)15-5-6-20-9(3)4/h8-9,15H,5-7,14H2,1-4H3,(H,16,18,19). The zero-order valence-electron chi connectivity index (χ0n) is 12.5. The molecule has 114 valence electrons. The summed E-state index contributed by atoms with van der Waals surface area (Å²) in [5, 5.41) is 2.92. The van der Waals surface area contributed by atoms with Crippen molar-refractivity contribution in [1.82, 2.24) is 9.55 Å². The summed E-state index contributed by atoms with van der Waals surface area (Å²) >= 11 is 0. The van der Waals surface area contributed by atoms with E-state index in [1.807, 2.05) is 27.7 Å². The Morgan fingerprint density at radius 3 is 2.50 bits per heavy atom. The highest BCUT2D eigenvalue weighted by atomic mass is 16.5. The van der Waals surface area contributed by atoms with E-state index in [1.165, 1.54) is 4.57 Å². The Labute approximate surface area is 118 Å². The van der Waals surface area contributed by atoms with Crippen LogP contribution < -0.4 is 22.3 Å². The van der Waals surface area contributed by atoms with Crippen LogP contribution in [0.5, 0.6) is 0 Å². The van der Waals surface area contributed by atoms with E-state index >= 15 is 0 Å². The fourth-order valence-corrected chi connectivity index (χ4v) is 1.78. The van der Waals surface area contributed by atoms with E-state index < -0.39 is 11.2 Å². The van der Waals surface area contributed by atoms with Gasteiger partial charge in [-0.2, -0.15) is 0 Å². The molecule has 1 aromatic rings. The SMILES string of the molecule is CC(C)Cn1c(N)c(NCCOC(C)C)c(=O)[nH]c1=O. The van der Waals surface area contributed by atoms with Gasteiger partial charge in [-0.05, 0) is 19.8 Å². The van der Waals surface area contributed by atoms with Gasteiger partial charge < -0.3 is 15.8 Å². The maximum absolute atomic E-state index is 11.8. The first-order valence-electron chi connectivity index (χ1n) is 6.81. The number of nitrogen functional groups attached to an aromatic ring is 1. The highest BCUT2D eigenvalue weighted by Crippen LogP contribution is 2.11. The quantitative estimate of drug-likeness (QED) is 0.637. The molecule has 0 radical (unpaired) electrons. The summed E-state index contributed by atoms with van der Waals surface area (Å²) in [6.45, 7) is 9.18. The summed E-state index contributed by atoms with van der Waals surface area (Å²) < 4.78 is 6.75. The third-order valence-electron chi connectivity index (χ3n) is 2.64. The molecule has 0 aliphatic carbocycles. The largest absolute Gasteiger partial charge is 0.383 e. The third-order valence-corrected chi connectivity index (χ3v) is 2.64. The molecule has 4 N–H and O–H groups in total. The van der Waals surface area contributed by atoms with Gasteiger partial charge in [0.1, 0.15) is 11.5 Å². The first-order chi connectivity index (χ1) is 9.32. The highest BCUT2D eigenvalue weighted by Gasteiger charge is 2.12. The second-order valence-corrected chi connectivity index (χ2v) is 5.37. The van der Waals surface area contributed by atoms with Crippen molar-refractivity contribution in [2.75, 3.05) is 24.2 Å². The molecule has 0 spiro atoms. The third kappa shape index (κ3) is 4.41. The molecule has 20 heavy (non-hydrogen) atoms. The van der Waals surface area contributed by atoms with Crippen LogP contribution in [0.3, 0.4) is 0 Å². The van der Waals surface area contributed by atoms with Gasteiger partial charge in [0, 0.05) is 13.1 Å². The Morgan fingerprint density at radius 1 is 1.30 bits per heavy atom. The van der Waals surface area contributed by atoms with Crippen LogP contribution >= 0.6 is 0 Å². The molecule has 0 aliphatic heterocycles. The average molecular weight is 284 g/mol. The second kappa shape index (κ2) is 7.14. The first kappa shape index (κ1) is 16.3. The van der Waals surface area contributed by atoms with Gasteiger partial charge in [0.15, 0.2) is 0 Å². The maximum Gasteiger partial charge on any atom is 0.330 e. The molecular formula is C13H24N4O3. The zero-order valence-corrected chi connectivity index (χ0v) is 12.5. The molecule has 0 aliphatic rings. The highest BCUT2D eigenvalue weighted by molar-refractivity contribution is 5.60. The van der Waals surface area contributed by atoms with Gasteiger partial charge in [-0.15, -0.1) is 0 Å². The van der Waals surface area contributed by atoms with Crippen molar-refractivity contribution in [3.63, 3.8) is 0 Å². The number of nitrogens with zero attached hydrogens (tertiary/aromatic N) is 1. The van der Waals surface area contributed by atoms with Gasteiger partial charge in [0.2, 0.25) is 0 Å². The number of hydrogen-bond acceptors (Lipinski definition) is 5. The fourth-order valence-electron chi connectivity index (χ4n) is 1.78. The normalized spacial score (nSPS) is 11.3. The smallest absolute Gasteiger partial charge is 0.330 e. The Hall–Kier alpha value is -1.76. The van der Waals surface area contributed by atoms with Crippen LogP contribution in [0.25, 0.3) is 0 Å². The van der Waals surface area contributed by atoms with Crippen LogP contribution in [0.1, 0.15) is 27.7 Å². The van der Waals surface area contributed by atoms with E-state index in [1.54, 1.807) is 0 Å². The molecule has 0 aromatic carbocycles. The zero-order chi connectivity index (χ0) is 15.3. The summed E-state index contributed by atoms with van der Waals surface area (Å²) in [6.07, 6.45) is 0.127. The minimum Gasteiger partial charge on any atom is -0.383 e. The maximum atomic E-state index is 11.8. The number of nitrogens with one attached hydrogen (secondary N) is 2. The van der Waals surface area contributed by atoms with E-state index in [0.717, 1.165) is 0 Å². The van der Waals surface area contributed by atoms with Crippen molar-refractivity contribution in [2.45, 2.75) is 40.3 Å². The Balaban J connectivity index is 2.90. The molecule has 1 rings (SSSR count). The molecule has 7 nitrogen and oxygen atoms in total. The minimum atomic E-state index is -0.503. The summed E-state index contributed by atoms with van der Waals surface area (Å²) in [6, 6.07) is 0. The summed E-state index contributed by atoms with van der Waals surface area (Å²) in [5.74, 6) is 0.412. The Bertz CT molecular complexity index is 546. The molecule has 0 fully saturated rings. The van der Waals surface area contributed by atoms with Crippen molar-refractivity contribution in [2.24, 2.45) is 5.92 Å². The lowest BCUT2D eigenvalue weighted by molar-refractivity contribution is 0.0870. The summed E-state index contributed by atoms with van der Waals surface area (Å²) in [7, 11) is 0. The minimum absolute atomic E-state index is 0.127. The molecule has 0 saturated heterocycles. The van der Waals surface area contributed by atoms with Gasteiger partial charge in [-0.25, -0.2) is 4.79 Å². The molecule has 1 heterocycles. The second-order valence-electron chi connectivity index (χ2n) is 5.37. The van der Waals surface area contributed by atoms with Crippen LogP contribution in [-0.4, -0.2) is 28.8 Å². The Kier molecular flexibility index (Phi) is 5.82. The van der Waals surface area contributed by atoms with Crippen LogP contribution in [-0.2, 0) is 11.3 Å². The number of nitrogens with two attached hydrogens (primary N) is 1. The van der Waals surface area contributed by atoms with Crippen molar-refractivity contribution in [3.8, 4) is 0 Å². The number of hydrogen-bond donors (Lipinski definition) is 3. The van der Waals surface area contributed by atoms with Gasteiger partial charge in [0.05, 0.1) is 12.7 Å². The molecule has 7 heteroatoms. The number of aromatic amines is 1.